The lowest BCUT2D eigenvalue weighted by Crippen LogP contribution is -2.46. The topological polar surface area (TPSA) is 62.3 Å². The third-order valence-electron chi connectivity index (χ3n) is 6.22. The zero-order valence-electron chi connectivity index (χ0n) is 18.0. The highest BCUT2D eigenvalue weighted by atomic mass is 32.1. The Hall–Kier alpha value is -2.90. The maximum atomic E-state index is 13.0. The van der Waals surface area contributed by atoms with Crippen LogP contribution in [0, 0.1) is 5.82 Å². The number of Topliss-reactive ketones (excluding diaryl/α,β-unsaturated/α-hetero) is 1. The van der Waals surface area contributed by atoms with Crippen LogP contribution in [0.4, 0.5) is 4.39 Å². The fourth-order valence-corrected chi connectivity index (χ4v) is 5.06. The molecule has 1 saturated heterocycles. The number of carbonyl (C=O) groups is 2. The van der Waals surface area contributed by atoms with E-state index in [0.29, 0.717) is 18.8 Å². The average Bonchev–Trinajstić information content (AvgIpc) is 3.28. The molecule has 7 heteroatoms. The highest BCUT2D eigenvalue weighted by Crippen LogP contribution is 2.37. The summed E-state index contributed by atoms with van der Waals surface area (Å²) in [5.41, 5.74) is 1.91. The van der Waals surface area contributed by atoms with Crippen molar-refractivity contribution in [3.05, 3.63) is 87.6 Å². The Morgan fingerprint density at radius 2 is 1.78 bits per heavy atom. The van der Waals surface area contributed by atoms with Gasteiger partial charge < -0.3 is 5.32 Å². The molecular formula is C25H26FN3O2S. The monoisotopic (exact) mass is 451 g/mol. The minimum Gasteiger partial charge on any atom is -0.347 e. The lowest BCUT2D eigenvalue weighted by Gasteiger charge is -2.40. The molecular weight excluding hydrogens is 425 g/mol. The fraction of sp³-hybridized carbons (Fsp3) is 0.320. The molecule has 4 rings (SSSR count). The number of thiazole rings is 1. The van der Waals surface area contributed by atoms with Gasteiger partial charge in [-0.2, -0.15) is 0 Å². The van der Waals surface area contributed by atoms with Crippen LogP contribution in [0.5, 0.6) is 0 Å². The van der Waals surface area contributed by atoms with Crippen LogP contribution >= 0.6 is 11.3 Å². The number of carbonyl (C=O) groups excluding carboxylic acids is 2. The number of nitrogens with one attached hydrogen (secondary N) is 1. The Labute approximate surface area is 191 Å². The maximum absolute atomic E-state index is 13.0. The summed E-state index contributed by atoms with van der Waals surface area (Å²) in [5, 5.41) is 5.47. The zero-order chi connectivity index (χ0) is 22.6. The van der Waals surface area contributed by atoms with Gasteiger partial charge in [0, 0.05) is 11.9 Å². The fourth-order valence-electron chi connectivity index (χ4n) is 4.25. The van der Waals surface area contributed by atoms with Gasteiger partial charge in [-0.05, 0) is 56.1 Å². The smallest absolute Gasteiger partial charge is 0.271 e. The number of amides is 1. The van der Waals surface area contributed by atoms with Crippen LogP contribution in [0.15, 0.2) is 60.0 Å². The highest BCUT2D eigenvalue weighted by molar-refractivity contribution is 7.09. The SMILES string of the molecule is CC(=O)C1(c2ccccc2)CCN(Cc2nc(C(=O)NCc3ccc(F)cc3)cs2)CC1. The van der Waals surface area contributed by atoms with E-state index in [9.17, 15) is 14.0 Å². The van der Waals surface area contributed by atoms with E-state index in [1.807, 2.05) is 18.2 Å². The van der Waals surface area contributed by atoms with Crippen molar-refractivity contribution in [2.24, 2.45) is 0 Å². The molecule has 1 aromatic heterocycles. The van der Waals surface area contributed by atoms with Crippen molar-refractivity contribution in [1.29, 1.82) is 0 Å². The lowest BCUT2D eigenvalue weighted by molar-refractivity contribution is -0.124. The van der Waals surface area contributed by atoms with Crippen molar-refractivity contribution in [2.45, 2.75) is 38.3 Å². The summed E-state index contributed by atoms with van der Waals surface area (Å²) in [4.78, 5) is 31.8. The van der Waals surface area contributed by atoms with E-state index in [-0.39, 0.29) is 17.5 Å². The van der Waals surface area contributed by atoms with E-state index in [1.165, 1.54) is 23.5 Å². The highest BCUT2D eigenvalue weighted by Gasteiger charge is 2.40. The molecule has 3 aromatic rings. The van der Waals surface area contributed by atoms with Gasteiger partial charge in [0.15, 0.2) is 0 Å². The summed E-state index contributed by atoms with van der Waals surface area (Å²) in [5.74, 6) is -0.320. The second-order valence-corrected chi connectivity index (χ2v) is 9.16. The van der Waals surface area contributed by atoms with Crippen LogP contribution in [-0.4, -0.2) is 34.7 Å². The van der Waals surface area contributed by atoms with Crippen molar-refractivity contribution in [3.8, 4) is 0 Å². The molecule has 0 radical (unpaired) electrons. The van der Waals surface area contributed by atoms with Gasteiger partial charge in [0.25, 0.3) is 5.91 Å². The third-order valence-corrected chi connectivity index (χ3v) is 7.05. The minimum absolute atomic E-state index is 0.220. The first-order valence-corrected chi connectivity index (χ1v) is 11.6. The molecule has 32 heavy (non-hydrogen) atoms. The number of aromatic nitrogens is 1. The van der Waals surface area contributed by atoms with Crippen molar-refractivity contribution < 1.29 is 14.0 Å². The second kappa shape index (κ2) is 9.71. The van der Waals surface area contributed by atoms with E-state index >= 15 is 0 Å². The van der Waals surface area contributed by atoms with E-state index in [0.717, 1.165) is 42.1 Å². The normalized spacial score (nSPS) is 15.9. The van der Waals surface area contributed by atoms with Crippen LogP contribution in [0.3, 0.4) is 0 Å². The predicted octanol–water partition coefficient (Wildman–Crippen LogP) is 4.34. The van der Waals surface area contributed by atoms with Gasteiger partial charge in [-0.15, -0.1) is 11.3 Å². The average molecular weight is 452 g/mol. The number of halogens is 1. The Morgan fingerprint density at radius 1 is 1.09 bits per heavy atom. The van der Waals surface area contributed by atoms with Gasteiger partial charge in [-0.1, -0.05) is 42.5 Å². The molecule has 0 bridgehead atoms. The number of piperidine rings is 1. The van der Waals surface area contributed by atoms with Crippen molar-refractivity contribution in [3.63, 3.8) is 0 Å². The molecule has 2 aromatic carbocycles. The molecule has 1 aliphatic rings. The zero-order valence-corrected chi connectivity index (χ0v) is 18.8. The van der Waals surface area contributed by atoms with Gasteiger partial charge in [0.1, 0.15) is 22.3 Å². The number of benzene rings is 2. The summed E-state index contributed by atoms with van der Waals surface area (Å²) in [6.45, 7) is 4.30. The quantitative estimate of drug-likeness (QED) is 0.581. The molecule has 0 saturated carbocycles. The Morgan fingerprint density at radius 3 is 2.44 bits per heavy atom. The van der Waals surface area contributed by atoms with E-state index < -0.39 is 5.41 Å². The van der Waals surface area contributed by atoms with Gasteiger partial charge in [0.2, 0.25) is 0 Å². The molecule has 0 atom stereocenters. The van der Waals surface area contributed by atoms with Gasteiger partial charge in [-0.25, -0.2) is 9.37 Å². The summed E-state index contributed by atoms with van der Waals surface area (Å²) in [6, 6.07) is 16.1. The molecule has 1 amide bonds. The van der Waals surface area contributed by atoms with Gasteiger partial charge in [-0.3, -0.25) is 14.5 Å². The van der Waals surface area contributed by atoms with Crippen LogP contribution < -0.4 is 5.32 Å². The first-order valence-electron chi connectivity index (χ1n) is 10.7. The first-order chi connectivity index (χ1) is 15.5. The molecule has 0 spiro atoms. The predicted molar refractivity (Wildman–Crippen MR) is 123 cm³/mol. The molecule has 1 fully saturated rings. The molecule has 2 heterocycles. The number of rotatable bonds is 7. The lowest BCUT2D eigenvalue weighted by atomic mass is 9.70. The number of likely N-dealkylation sites (tertiary alicyclic amines) is 1. The molecule has 166 valence electrons. The number of nitrogens with zero attached hydrogens (tertiary/aromatic N) is 2. The van der Waals surface area contributed by atoms with Crippen molar-refractivity contribution in [2.75, 3.05) is 13.1 Å². The van der Waals surface area contributed by atoms with Crippen LogP contribution in [-0.2, 0) is 23.3 Å². The Kier molecular flexibility index (Phi) is 6.77. The third kappa shape index (κ3) is 4.95. The van der Waals surface area contributed by atoms with Crippen molar-refractivity contribution in [1.82, 2.24) is 15.2 Å². The molecule has 5 nitrogen and oxygen atoms in total. The van der Waals surface area contributed by atoms with E-state index in [4.69, 9.17) is 0 Å². The molecule has 1 aliphatic heterocycles. The Balaban J connectivity index is 1.32. The summed E-state index contributed by atoms with van der Waals surface area (Å²) in [7, 11) is 0. The molecule has 1 N–H and O–H groups in total. The standard InChI is InChI=1S/C25H26FN3O2S/c1-18(30)25(20-5-3-2-4-6-20)11-13-29(14-12-25)16-23-28-22(17-32-23)24(31)27-15-19-7-9-21(26)10-8-19/h2-10,17H,11-16H2,1H3,(H,27,31). The number of hydrogen-bond acceptors (Lipinski definition) is 5. The van der Waals surface area contributed by atoms with Crippen LogP contribution in [0.25, 0.3) is 0 Å². The molecule has 0 aliphatic carbocycles. The summed E-state index contributed by atoms with van der Waals surface area (Å²) < 4.78 is 13.0. The first kappa shape index (κ1) is 22.3. The number of ketones is 1. The minimum atomic E-state index is -0.411. The maximum Gasteiger partial charge on any atom is 0.271 e. The largest absolute Gasteiger partial charge is 0.347 e. The summed E-state index contributed by atoms with van der Waals surface area (Å²) >= 11 is 1.47. The van der Waals surface area contributed by atoms with Crippen LogP contribution in [0.2, 0.25) is 0 Å². The second-order valence-electron chi connectivity index (χ2n) is 8.22. The van der Waals surface area contributed by atoms with E-state index in [2.05, 4.69) is 27.3 Å². The van der Waals surface area contributed by atoms with Crippen molar-refractivity contribution >= 4 is 23.0 Å². The van der Waals surface area contributed by atoms with Crippen LogP contribution in [0.1, 0.15) is 46.4 Å². The number of hydrogen-bond donors (Lipinski definition) is 1. The summed E-state index contributed by atoms with van der Waals surface area (Å²) in [6.07, 6.45) is 1.56. The molecule has 0 unspecified atom stereocenters. The van der Waals surface area contributed by atoms with Gasteiger partial charge in [0.05, 0.1) is 12.0 Å². The van der Waals surface area contributed by atoms with Gasteiger partial charge >= 0.3 is 0 Å². The Bertz CT molecular complexity index is 1070. The van der Waals surface area contributed by atoms with E-state index in [1.54, 1.807) is 24.4 Å².